The zero-order chi connectivity index (χ0) is 20.1. The molecule has 0 spiro atoms. The number of allylic oxidation sites excluding steroid dienone is 2. The fraction of sp³-hybridized carbons (Fsp3) is 0.136. The Bertz CT molecular complexity index is 1010. The second-order valence-corrected chi connectivity index (χ2v) is 6.19. The summed E-state index contributed by atoms with van der Waals surface area (Å²) < 4.78 is 14.3. The summed E-state index contributed by atoms with van der Waals surface area (Å²) in [7, 11) is 0. The number of halogens is 1. The number of carboxylic acids is 1. The third kappa shape index (κ3) is 3.91. The minimum Gasteiger partial charge on any atom is -0.478 e. The topological polar surface area (TPSA) is 78.8 Å². The van der Waals surface area contributed by atoms with Crippen LogP contribution in [0.4, 0.5) is 4.39 Å². The van der Waals surface area contributed by atoms with E-state index in [2.05, 4.69) is 16.9 Å². The molecule has 0 saturated heterocycles. The first-order valence-electron chi connectivity index (χ1n) is 8.81. The van der Waals surface area contributed by atoms with E-state index in [1.807, 2.05) is 6.07 Å². The van der Waals surface area contributed by atoms with Crippen LogP contribution in [-0.4, -0.2) is 35.8 Å². The summed E-state index contributed by atoms with van der Waals surface area (Å²) in [6.45, 7) is 4.95. The predicted octanol–water partition coefficient (Wildman–Crippen LogP) is 3.32. The van der Waals surface area contributed by atoms with Crippen LogP contribution in [0.15, 0.2) is 66.2 Å². The zero-order valence-corrected chi connectivity index (χ0v) is 15.1. The Morgan fingerprint density at radius 3 is 2.57 bits per heavy atom. The number of ketones is 1. The maximum atomic E-state index is 14.3. The summed E-state index contributed by atoms with van der Waals surface area (Å²) in [5.74, 6) is -2.03. The van der Waals surface area contributed by atoms with Crippen molar-refractivity contribution in [2.45, 2.75) is 6.42 Å². The van der Waals surface area contributed by atoms with Crippen molar-refractivity contribution in [1.82, 2.24) is 5.32 Å². The normalized spacial score (nSPS) is 14.4. The molecule has 2 N–H and O–H groups in total. The first kappa shape index (κ1) is 19.2. The summed E-state index contributed by atoms with van der Waals surface area (Å²) in [5.41, 5.74) is 0.409. The molecule has 28 heavy (non-hydrogen) atoms. The average molecular weight is 378 g/mol. The molecule has 3 rings (SSSR count). The van der Waals surface area contributed by atoms with E-state index < -0.39 is 23.1 Å². The number of carboxylic acid groups (broad SMARTS) is 1. The Morgan fingerprint density at radius 2 is 1.93 bits per heavy atom. The molecule has 0 aliphatic carbocycles. The highest BCUT2D eigenvalue weighted by Crippen LogP contribution is 2.30. The highest BCUT2D eigenvalue weighted by atomic mass is 19.1. The van der Waals surface area contributed by atoms with Gasteiger partial charge in [-0.15, -0.1) is 0 Å². The molecule has 0 fully saturated rings. The van der Waals surface area contributed by atoms with Gasteiger partial charge in [-0.1, -0.05) is 43.0 Å². The van der Waals surface area contributed by atoms with Gasteiger partial charge in [0.2, 0.25) is 0 Å². The first-order valence-corrected chi connectivity index (χ1v) is 8.81. The lowest BCUT2D eigenvalue weighted by atomic mass is 9.90. The molecule has 0 radical (unpaired) electrons. The smallest absolute Gasteiger partial charge is 0.337 e. The minimum atomic E-state index is -1.39. The monoisotopic (exact) mass is 378 g/mol. The van der Waals surface area contributed by atoms with E-state index in [0.29, 0.717) is 17.9 Å². The molecule has 1 aliphatic heterocycles. The van der Waals surface area contributed by atoms with Crippen LogP contribution in [0.25, 0.3) is 11.1 Å². The van der Waals surface area contributed by atoms with Gasteiger partial charge in [0.25, 0.3) is 0 Å². The van der Waals surface area contributed by atoms with Crippen molar-refractivity contribution < 1.29 is 19.1 Å². The van der Waals surface area contributed by atoms with Crippen LogP contribution >= 0.6 is 0 Å². The van der Waals surface area contributed by atoms with E-state index in [9.17, 15) is 19.1 Å². The molecule has 0 atom stereocenters. The minimum absolute atomic E-state index is 0.120. The van der Waals surface area contributed by atoms with Crippen molar-refractivity contribution in [3.05, 3.63) is 83.7 Å². The standard InChI is InChI=1S/C22H19FN2O3/c1-2-18(26)19(20(22(27)28)16-9-3-4-10-17(16)23)14-7-5-8-15(13-14)21-24-11-6-12-25-21/h2-5,7-10,13H,1,6,11-12H2,(H,24,25)(H,27,28). The van der Waals surface area contributed by atoms with Crippen molar-refractivity contribution >= 4 is 28.7 Å². The van der Waals surface area contributed by atoms with Gasteiger partial charge in [-0.05, 0) is 30.2 Å². The number of hydrogen-bond donors (Lipinski definition) is 2. The molecule has 1 aliphatic rings. The number of nitrogens with one attached hydrogen (secondary N) is 1. The first-order chi connectivity index (χ1) is 13.5. The van der Waals surface area contributed by atoms with E-state index in [1.165, 1.54) is 18.2 Å². The highest BCUT2D eigenvalue weighted by molar-refractivity contribution is 6.41. The Kier molecular flexibility index (Phi) is 5.79. The van der Waals surface area contributed by atoms with Crippen LogP contribution in [0.5, 0.6) is 0 Å². The number of benzene rings is 2. The molecule has 0 aromatic heterocycles. The van der Waals surface area contributed by atoms with Crippen LogP contribution in [-0.2, 0) is 9.59 Å². The van der Waals surface area contributed by atoms with E-state index in [1.54, 1.807) is 18.2 Å². The van der Waals surface area contributed by atoms with Crippen LogP contribution in [0, 0.1) is 5.82 Å². The maximum Gasteiger partial charge on any atom is 0.337 e. The molecular formula is C22H19FN2O3. The van der Waals surface area contributed by atoms with E-state index in [-0.39, 0.29) is 11.1 Å². The molecule has 0 saturated carbocycles. The number of aliphatic carboxylic acids is 1. The maximum absolute atomic E-state index is 14.3. The fourth-order valence-corrected chi connectivity index (χ4v) is 3.08. The lowest BCUT2D eigenvalue weighted by Gasteiger charge is -2.16. The van der Waals surface area contributed by atoms with Crippen molar-refractivity contribution in [1.29, 1.82) is 0 Å². The van der Waals surface area contributed by atoms with Crippen molar-refractivity contribution in [2.24, 2.45) is 4.99 Å². The summed E-state index contributed by atoms with van der Waals surface area (Å²) in [5, 5.41) is 13.0. The molecule has 1 heterocycles. The third-order valence-electron chi connectivity index (χ3n) is 4.36. The SMILES string of the molecule is C=CC(=O)C(=C(C(=O)O)c1ccccc1F)c1cccc(C2=NCCCN2)c1. The Hall–Kier alpha value is -3.54. The number of rotatable bonds is 6. The fourth-order valence-electron chi connectivity index (χ4n) is 3.08. The molecule has 2 aromatic rings. The summed E-state index contributed by atoms with van der Waals surface area (Å²) in [6.07, 6.45) is 1.96. The van der Waals surface area contributed by atoms with Crippen LogP contribution < -0.4 is 5.32 Å². The summed E-state index contributed by atoms with van der Waals surface area (Å²) in [4.78, 5) is 29.1. The largest absolute Gasteiger partial charge is 0.478 e. The highest BCUT2D eigenvalue weighted by Gasteiger charge is 2.25. The summed E-state index contributed by atoms with van der Waals surface area (Å²) in [6, 6.07) is 12.3. The van der Waals surface area contributed by atoms with Gasteiger partial charge in [0, 0.05) is 29.8 Å². The number of carbonyl (C=O) groups excluding carboxylic acids is 1. The number of carbonyl (C=O) groups is 2. The Morgan fingerprint density at radius 1 is 1.14 bits per heavy atom. The number of hydrogen-bond acceptors (Lipinski definition) is 4. The van der Waals surface area contributed by atoms with E-state index in [4.69, 9.17) is 0 Å². The molecule has 2 aromatic carbocycles. The Balaban J connectivity index is 2.25. The number of aliphatic imine (C=N–C) groups is 1. The zero-order valence-electron chi connectivity index (χ0n) is 15.1. The number of amidine groups is 1. The molecule has 5 nitrogen and oxygen atoms in total. The second-order valence-electron chi connectivity index (χ2n) is 6.19. The van der Waals surface area contributed by atoms with Crippen molar-refractivity contribution in [3.63, 3.8) is 0 Å². The third-order valence-corrected chi connectivity index (χ3v) is 4.36. The average Bonchev–Trinajstić information content (AvgIpc) is 2.72. The van der Waals surface area contributed by atoms with Gasteiger partial charge in [0.1, 0.15) is 11.7 Å². The molecule has 0 amide bonds. The van der Waals surface area contributed by atoms with Gasteiger partial charge in [0.15, 0.2) is 5.78 Å². The molecular weight excluding hydrogens is 359 g/mol. The lowest BCUT2D eigenvalue weighted by molar-refractivity contribution is -0.130. The second kappa shape index (κ2) is 8.43. The molecule has 0 unspecified atom stereocenters. The van der Waals surface area contributed by atoms with Crippen molar-refractivity contribution in [3.8, 4) is 0 Å². The molecule has 142 valence electrons. The van der Waals surface area contributed by atoms with Gasteiger partial charge in [-0.25, -0.2) is 9.18 Å². The Labute approximate surface area is 161 Å². The van der Waals surface area contributed by atoms with Gasteiger partial charge < -0.3 is 10.4 Å². The van der Waals surface area contributed by atoms with Gasteiger partial charge in [-0.3, -0.25) is 9.79 Å². The predicted molar refractivity (Wildman–Crippen MR) is 107 cm³/mol. The van der Waals surface area contributed by atoms with E-state index >= 15 is 0 Å². The van der Waals surface area contributed by atoms with Gasteiger partial charge in [0.05, 0.1) is 5.57 Å². The van der Waals surface area contributed by atoms with Gasteiger partial charge in [-0.2, -0.15) is 0 Å². The van der Waals surface area contributed by atoms with Crippen LogP contribution in [0.3, 0.4) is 0 Å². The van der Waals surface area contributed by atoms with Crippen molar-refractivity contribution in [2.75, 3.05) is 13.1 Å². The lowest BCUT2D eigenvalue weighted by Crippen LogP contribution is -2.30. The molecule has 0 bridgehead atoms. The van der Waals surface area contributed by atoms with Crippen LogP contribution in [0.2, 0.25) is 0 Å². The number of nitrogens with zero attached hydrogens (tertiary/aromatic N) is 1. The quantitative estimate of drug-likeness (QED) is 0.597. The summed E-state index contributed by atoms with van der Waals surface area (Å²) >= 11 is 0. The van der Waals surface area contributed by atoms with Gasteiger partial charge >= 0.3 is 5.97 Å². The van der Waals surface area contributed by atoms with E-state index in [0.717, 1.165) is 30.7 Å². The van der Waals surface area contributed by atoms with Crippen LogP contribution in [0.1, 0.15) is 23.1 Å². The molecule has 6 heteroatoms.